The number of carbonyl (C=O) groups excluding carboxylic acids is 2. The second-order valence-corrected chi connectivity index (χ2v) is 6.35. The zero-order chi connectivity index (χ0) is 17.9. The van der Waals surface area contributed by atoms with Crippen LogP contribution in [0.2, 0.25) is 0 Å². The lowest BCUT2D eigenvalue weighted by Crippen LogP contribution is -2.35. The molecule has 2 heterocycles. The van der Waals surface area contributed by atoms with E-state index in [0.29, 0.717) is 24.0 Å². The molecule has 4 rings (SSSR count). The summed E-state index contributed by atoms with van der Waals surface area (Å²) >= 11 is 0. The van der Waals surface area contributed by atoms with Gasteiger partial charge in [-0.2, -0.15) is 5.10 Å². The number of rotatable bonds is 4. The summed E-state index contributed by atoms with van der Waals surface area (Å²) in [6.45, 7) is 1.40. The van der Waals surface area contributed by atoms with Crippen LogP contribution in [0.3, 0.4) is 0 Å². The van der Waals surface area contributed by atoms with Crippen molar-refractivity contribution in [1.82, 2.24) is 15.1 Å². The van der Waals surface area contributed by atoms with Crippen molar-refractivity contribution in [3.05, 3.63) is 65.9 Å². The third-order valence-corrected chi connectivity index (χ3v) is 4.63. The molecule has 0 saturated carbocycles. The van der Waals surface area contributed by atoms with Crippen LogP contribution < -0.4 is 0 Å². The monoisotopic (exact) mass is 349 g/mol. The average Bonchev–Trinajstić information content (AvgIpc) is 3.36. The molecule has 0 spiro atoms. The van der Waals surface area contributed by atoms with Crippen molar-refractivity contribution in [2.24, 2.45) is 0 Å². The molecule has 0 radical (unpaired) electrons. The first-order valence-electron chi connectivity index (χ1n) is 8.72. The van der Waals surface area contributed by atoms with Crippen LogP contribution >= 0.6 is 0 Å². The van der Waals surface area contributed by atoms with Crippen LogP contribution in [0, 0.1) is 0 Å². The summed E-state index contributed by atoms with van der Waals surface area (Å²) in [6, 6.07) is 16.5. The van der Waals surface area contributed by atoms with Crippen molar-refractivity contribution in [3.8, 4) is 0 Å². The number of nitrogens with one attached hydrogen (secondary N) is 1. The van der Waals surface area contributed by atoms with Gasteiger partial charge in [0, 0.05) is 24.0 Å². The molecule has 1 amide bonds. The maximum Gasteiger partial charge on any atom is 0.360 e. The smallest absolute Gasteiger partial charge is 0.360 e. The number of amides is 1. The van der Waals surface area contributed by atoms with Crippen LogP contribution in [0.1, 0.15) is 35.0 Å². The maximum atomic E-state index is 12.9. The number of esters is 1. The van der Waals surface area contributed by atoms with Crippen LogP contribution in [0.5, 0.6) is 0 Å². The van der Waals surface area contributed by atoms with E-state index < -0.39 is 12.1 Å². The molecule has 132 valence electrons. The number of likely N-dealkylation sites (tertiary alicyclic amines) is 1. The Labute approximate surface area is 150 Å². The van der Waals surface area contributed by atoms with E-state index in [1.54, 1.807) is 23.1 Å². The molecule has 3 aromatic rings. The van der Waals surface area contributed by atoms with E-state index in [1.165, 1.54) is 0 Å². The standard InChI is InChI=1S/C20H19N3O3/c24-19(23-12-6-7-13-23)18(14-8-2-1-3-9-14)26-20(25)17-15-10-4-5-11-16(15)21-22-17/h1-5,8-11,18H,6-7,12-13H2,(H,21,22)/t18-/m1/s1. The summed E-state index contributed by atoms with van der Waals surface area (Å²) in [5, 5.41) is 7.57. The first kappa shape index (κ1) is 16.3. The number of ether oxygens (including phenoxy) is 1. The van der Waals surface area contributed by atoms with Gasteiger partial charge in [0.1, 0.15) is 0 Å². The highest BCUT2D eigenvalue weighted by Gasteiger charge is 2.32. The van der Waals surface area contributed by atoms with Gasteiger partial charge >= 0.3 is 5.97 Å². The molecular formula is C20H19N3O3. The molecule has 2 aromatic carbocycles. The number of hydrogen-bond donors (Lipinski definition) is 1. The Morgan fingerprint density at radius 1 is 1.00 bits per heavy atom. The highest BCUT2D eigenvalue weighted by atomic mass is 16.5. The number of benzene rings is 2. The lowest BCUT2D eigenvalue weighted by Gasteiger charge is -2.23. The summed E-state index contributed by atoms with van der Waals surface area (Å²) < 4.78 is 5.65. The Bertz CT molecular complexity index is 930. The van der Waals surface area contributed by atoms with E-state index in [1.807, 2.05) is 36.4 Å². The Morgan fingerprint density at radius 2 is 1.69 bits per heavy atom. The molecule has 1 aliphatic heterocycles. The highest BCUT2D eigenvalue weighted by molar-refractivity contribution is 6.02. The van der Waals surface area contributed by atoms with Crippen LogP contribution in [0.15, 0.2) is 54.6 Å². The number of para-hydroxylation sites is 1. The van der Waals surface area contributed by atoms with Crippen molar-refractivity contribution in [2.45, 2.75) is 18.9 Å². The van der Waals surface area contributed by atoms with Gasteiger partial charge in [0.15, 0.2) is 5.69 Å². The first-order valence-corrected chi connectivity index (χ1v) is 8.72. The number of fused-ring (bicyclic) bond motifs is 1. The van der Waals surface area contributed by atoms with E-state index >= 15 is 0 Å². The van der Waals surface area contributed by atoms with Gasteiger partial charge in [0.25, 0.3) is 5.91 Å². The Morgan fingerprint density at radius 3 is 2.46 bits per heavy atom. The molecule has 1 saturated heterocycles. The van der Waals surface area contributed by atoms with Crippen LogP contribution in [0.25, 0.3) is 10.9 Å². The second kappa shape index (κ2) is 7.00. The first-order chi connectivity index (χ1) is 12.7. The fourth-order valence-corrected chi connectivity index (χ4v) is 3.27. The van der Waals surface area contributed by atoms with E-state index in [0.717, 1.165) is 18.4 Å². The van der Waals surface area contributed by atoms with Gasteiger partial charge in [0.05, 0.1) is 5.52 Å². The minimum Gasteiger partial charge on any atom is -0.442 e. The fourth-order valence-electron chi connectivity index (χ4n) is 3.27. The third kappa shape index (κ3) is 3.06. The number of carbonyl (C=O) groups is 2. The molecule has 6 heteroatoms. The summed E-state index contributed by atoms with van der Waals surface area (Å²) in [5.74, 6) is -0.786. The molecule has 1 aromatic heterocycles. The molecule has 26 heavy (non-hydrogen) atoms. The number of hydrogen-bond acceptors (Lipinski definition) is 4. The van der Waals surface area contributed by atoms with E-state index in [4.69, 9.17) is 4.74 Å². The van der Waals surface area contributed by atoms with Crippen molar-refractivity contribution in [3.63, 3.8) is 0 Å². The minimum atomic E-state index is -0.961. The second-order valence-electron chi connectivity index (χ2n) is 6.35. The Kier molecular flexibility index (Phi) is 4.39. The molecule has 0 bridgehead atoms. The quantitative estimate of drug-likeness (QED) is 0.735. The normalized spacial score (nSPS) is 15.2. The van der Waals surface area contributed by atoms with Crippen molar-refractivity contribution < 1.29 is 14.3 Å². The van der Waals surface area contributed by atoms with Gasteiger partial charge in [-0.15, -0.1) is 0 Å². The third-order valence-electron chi connectivity index (χ3n) is 4.63. The zero-order valence-electron chi connectivity index (χ0n) is 14.2. The molecule has 6 nitrogen and oxygen atoms in total. The average molecular weight is 349 g/mol. The molecule has 0 aliphatic carbocycles. The number of aromatic nitrogens is 2. The number of aromatic amines is 1. The van der Waals surface area contributed by atoms with Gasteiger partial charge < -0.3 is 9.64 Å². The predicted molar refractivity (Wildman–Crippen MR) is 96.5 cm³/mol. The largest absolute Gasteiger partial charge is 0.442 e. The summed E-state index contributed by atoms with van der Waals surface area (Å²) in [7, 11) is 0. The number of nitrogens with zero attached hydrogens (tertiary/aromatic N) is 2. The molecule has 1 fully saturated rings. The minimum absolute atomic E-state index is 0.179. The lowest BCUT2D eigenvalue weighted by atomic mass is 10.1. The summed E-state index contributed by atoms with van der Waals surface area (Å²) in [5.41, 5.74) is 1.61. The fraction of sp³-hybridized carbons (Fsp3) is 0.250. The van der Waals surface area contributed by atoms with E-state index in [2.05, 4.69) is 10.2 Å². The molecular weight excluding hydrogens is 330 g/mol. The highest BCUT2D eigenvalue weighted by Crippen LogP contribution is 2.25. The van der Waals surface area contributed by atoms with Crippen molar-refractivity contribution >= 4 is 22.8 Å². The topological polar surface area (TPSA) is 75.3 Å². The van der Waals surface area contributed by atoms with Gasteiger partial charge in [-0.05, 0) is 18.9 Å². The van der Waals surface area contributed by atoms with E-state index in [9.17, 15) is 9.59 Å². The molecule has 1 atom stereocenters. The zero-order valence-corrected chi connectivity index (χ0v) is 14.2. The Balaban J connectivity index is 1.64. The van der Waals surface area contributed by atoms with Crippen LogP contribution in [0.4, 0.5) is 0 Å². The van der Waals surface area contributed by atoms with E-state index in [-0.39, 0.29) is 11.6 Å². The van der Waals surface area contributed by atoms with Gasteiger partial charge in [-0.3, -0.25) is 9.89 Å². The van der Waals surface area contributed by atoms with Gasteiger partial charge in [0.2, 0.25) is 6.10 Å². The Hall–Kier alpha value is -3.15. The van der Waals surface area contributed by atoms with Crippen molar-refractivity contribution in [2.75, 3.05) is 13.1 Å². The molecule has 0 unspecified atom stereocenters. The molecule has 1 aliphatic rings. The summed E-state index contributed by atoms with van der Waals surface area (Å²) in [6.07, 6.45) is 0.994. The number of H-pyrrole nitrogens is 1. The SMILES string of the molecule is O=C(O[C@@H](C(=O)N1CCCC1)c1ccccc1)c1n[nH]c2ccccc12. The van der Waals surface area contributed by atoms with Crippen LogP contribution in [-0.2, 0) is 9.53 Å². The van der Waals surface area contributed by atoms with Crippen LogP contribution in [-0.4, -0.2) is 40.1 Å². The van der Waals surface area contributed by atoms with Gasteiger partial charge in [-0.25, -0.2) is 4.79 Å². The van der Waals surface area contributed by atoms with Crippen molar-refractivity contribution in [1.29, 1.82) is 0 Å². The van der Waals surface area contributed by atoms with Gasteiger partial charge in [-0.1, -0.05) is 48.5 Å². The lowest BCUT2D eigenvalue weighted by molar-refractivity contribution is -0.140. The molecule has 1 N–H and O–H groups in total. The summed E-state index contributed by atoms with van der Waals surface area (Å²) in [4.78, 5) is 27.4. The maximum absolute atomic E-state index is 12.9. The predicted octanol–water partition coefficient (Wildman–Crippen LogP) is 3.08.